The van der Waals surface area contributed by atoms with Crippen LogP contribution in [-0.2, 0) is 10.0 Å². The number of amides is 1. The maximum atomic E-state index is 13.5. The zero-order valence-electron chi connectivity index (χ0n) is 10.8. The standard InChI is InChI=1S/C13H9BrF2N2O3S/c14-10-4-2-1-3-9(10)13(19)17-18-22(20,21)12-7-8(15)5-6-11(12)16/h1-7,18H,(H,17,19). The van der Waals surface area contributed by atoms with Crippen LogP contribution >= 0.6 is 15.9 Å². The average molecular weight is 391 g/mol. The van der Waals surface area contributed by atoms with Crippen molar-refractivity contribution in [2.45, 2.75) is 4.90 Å². The fraction of sp³-hybridized carbons (Fsp3) is 0. The minimum atomic E-state index is -4.44. The number of halogens is 3. The molecule has 2 aromatic rings. The molecule has 0 heterocycles. The molecule has 116 valence electrons. The van der Waals surface area contributed by atoms with Crippen LogP contribution in [0.15, 0.2) is 51.8 Å². The molecule has 0 radical (unpaired) electrons. The van der Waals surface area contributed by atoms with E-state index in [-0.39, 0.29) is 5.56 Å². The highest BCUT2D eigenvalue weighted by atomic mass is 79.9. The number of sulfonamides is 1. The molecule has 0 unspecified atom stereocenters. The number of rotatable bonds is 4. The minimum absolute atomic E-state index is 0.171. The molecule has 0 bridgehead atoms. The van der Waals surface area contributed by atoms with Gasteiger partial charge in [-0.1, -0.05) is 12.1 Å². The molecule has 0 saturated heterocycles. The number of hydrogen-bond acceptors (Lipinski definition) is 3. The normalized spacial score (nSPS) is 11.2. The summed E-state index contributed by atoms with van der Waals surface area (Å²) in [6, 6.07) is 8.29. The molecule has 0 aromatic heterocycles. The number of hydrogen-bond donors (Lipinski definition) is 2. The van der Waals surface area contributed by atoms with E-state index in [1.807, 2.05) is 5.43 Å². The van der Waals surface area contributed by atoms with E-state index in [1.54, 1.807) is 23.0 Å². The summed E-state index contributed by atoms with van der Waals surface area (Å²) in [5.74, 6) is -2.81. The Morgan fingerprint density at radius 2 is 1.77 bits per heavy atom. The van der Waals surface area contributed by atoms with Gasteiger partial charge in [-0.3, -0.25) is 10.2 Å². The van der Waals surface area contributed by atoms with E-state index >= 15 is 0 Å². The summed E-state index contributed by atoms with van der Waals surface area (Å²) in [6.07, 6.45) is 0. The fourth-order valence-corrected chi connectivity index (χ4v) is 2.96. The Morgan fingerprint density at radius 3 is 2.45 bits per heavy atom. The van der Waals surface area contributed by atoms with Crippen molar-refractivity contribution < 1.29 is 22.0 Å². The van der Waals surface area contributed by atoms with Gasteiger partial charge in [-0.2, -0.15) is 0 Å². The van der Waals surface area contributed by atoms with Crippen molar-refractivity contribution in [1.82, 2.24) is 10.3 Å². The highest BCUT2D eigenvalue weighted by Crippen LogP contribution is 2.17. The van der Waals surface area contributed by atoms with Crippen molar-refractivity contribution in [3.8, 4) is 0 Å². The zero-order valence-corrected chi connectivity index (χ0v) is 13.2. The first-order chi connectivity index (χ1) is 10.3. The van der Waals surface area contributed by atoms with E-state index in [9.17, 15) is 22.0 Å². The lowest BCUT2D eigenvalue weighted by atomic mass is 10.2. The Morgan fingerprint density at radius 1 is 1.09 bits per heavy atom. The lowest BCUT2D eigenvalue weighted by molar-refractivity contribution is 0.0944. The molecule has 0 aliphatic heterocycles. The first kappa shape index (κ1) is 16.5. The summed E-state index contributed by atoms with van der Waals surface area (Å²) in [4.78, 5) is 12.7. The van der Waals surface area contributed by atoms with Gasteiger partial charge < -0.3 is 0 Å². The van der Waals surface area contributed by atoms with Crippen LogP contribution in [0.4, 0.5) is 8.78 Å². The van der Waals surface area contributed by atoms with Gasteiger partial charge in [-0.25, -0.2) is 17.2 Å². The van der Waals surface area contributed by atoms with E-state index in [2.05, 4.69) is 15.9 Å². The van der Waals surface area contributed by atoms with Crippen LogP contribution in [-0.4, -0.2) is 14.3 Å². The third kappa shape index (κ3) is 3.67. The number of carbonyl (C=O) groups is 1. The van der Waals surface area contributed by atoms with Gasteiger partial charge in [0.15, 0.2) is 0 Å². The van der Waals surface area contributed by atoms with Gasteiger partial charge in [-0.05, 0) is 46.3 Å². The van der Waals surface area contributed by atoms with Crippen molar-refractivity contribution in [2.24, 2.45) is 0 Å². The van der Waals surface area contributed by atoms with Crippen molar-refractivity contribution in [2.75, 3.05) is 0 Å². The summed E-state index contributed by atoms with van der Waals surface area (Å²) in [5, 5.41) is 0. The smallest absolute Gasteiger partial charge is 0.267 e. The van der Waals surface area contributed by atoms with E-state index in [1.165, 1.54) is 6.07 Å². The summed E-state index contributed by atoms with van der Waals surface area (Å²) < 4.78 is 50.7. The largest absolute Gasteiger partial charge is 0.273 e. The Kier molecular flexibility index (Phi) is 4.89. The highest BCUT2D eigenvalue weighted by Gasteiger charge is 2.21. The van der Waals surface area contributed by atoms with Crippen LogP contribution in [0.25, 0.3) is 0 Å². The third-order valence-electron chi connectivity index (χ3n) is 2.60. The molecule has 1 amide bonds. The van der Waals surface area contributed by atoms with Gasteiger partial charge in [-0.15, -0.1) is 4.83 Å². The summed E-state index contributed by atoms with van der Waals surface area (Å²) in [6.45, 7) is 0. The summed E-state index contributed by atoms with van der Waals surface area (Å²) in [5.41, 5.74) is 2.10. The SMILES string of the molecule is O=C(NNS(=O)(=O)c1cc(F)ccc1F)c1ccccc1Br. The Labute approximate surface area is 133 Å². The number of carbonyl (C=O) groups excluding carboxylic acids is 1. The molecular formula is C13H9BrF2N2O3S. The minimum Gasteiger partial charge on any atom is -0.273 e. The van der Waals surface area contributed by atoms with Crippen molar-refractivity contribution >= 4 is 31.9 Å². The molecule has 0 saturated carbocycles. The van der Waals surface area contributed by atoms with Crippen LogP contribution < -0.4 is 10.3 Å². The van der Waals surface area contributed by atoms with Crippen LogP contribution in [0.2, 0.25) is 0 Å². The van der Waals surface area contributed by atoms with Crippen LogP contribution in [0, 0.1) is 11.6 Å². The van der Waals surface area contributed by atoms with Crippen molar-refractivity contribution in [3.05, 3.63) is 64.1 Å². The lowest BCUT2D eigenvalue weighted by Gasteiger charge is -2.10. The predicted molar refractivity (Wildman–Crippen MR) is 78.3 cm³/mol. The number of benzene rings is 2. The van der Waals surface area contributed by atoms with Gasteiger partial charge in [0, 0.05) is 4.47 Å². The van der Waals surface area contributed by atoms with Crippen molar-refractivity contribution in [3.63, 3.8) is 0 Å². The Bertz CT molecular complexity index is 828. The molecular weight excluding hydrogens is 382 g/mol. The molecule has 0 aliphatic rings. The Hall–Kier alpha value is -1.84. The maximum Gasteiger partial charge on any atom is 0.267 e. The van der Waals surface area contributed by atoms with E-state index in [0.29, 0.717) is 16.6 Å². The molecule has 2 N–H and O–H groups in total. The predicted octanol–water partition coefficient (Wildman–Crippen LogP) is 2.35. The summed E-state index contributed by atoms with van der Waals surface area (Å²) >= 11 is 3.14. The quantitative estimate of drug-likeness (QED) is 0.786. The molecule has 0 atom stereocenters. The molecule has 0 aliphatic carbocycles. The molecule has 22 heavy (non-hydrogen) atoms. The molecule has 0 spiro atoms. The number of hydrazine groups is 1. The van der Waals surface area contributed by atoms with Crippen LogP contribution in [0.1, 0.15) is 10.4 Å². The van der Waals surface area contributed by atoms with E-state index < -0.39 is 32.5 Å². The monoisotopic (exact) mass is 390 g/mol. The molecule has 5 nitrogen and oxygen atoms in total. The third-order valence-corrected chi connectivity index (χ3v) is 4.55. The molecule has 0 fully saturated rings. The summed E-state index contributed by atoms with van der Waals surface area (Å²) in [7, 11) is -4.44. The molecule has 2 rings (SSSR count). The van der Waals surface area contributed by atoms with Gasteiger partial charge in [0.05, 0.1) is 5.56 Å². The second-order valence-electron chi connectivity index (χ2n) is 4.11. The highest BCUT2D eigenvalue weighted by molar-refractivity contribution is 9.10. The Balaban J connectivity index is 2.18. The zero-order chi connectivity index (χ0) is 16.3. The van der Waals surface area contributed by atoms with Gasteiger partial charge >= 0.3 is 0 Å². The van der Waals surface area contributed by atoms with E-state index in [0.717, 1.165) is 6.07 Å². The fourth-order valence-electron chi connectivity index (χ4n) is 1.56. The van der Waals surface area contributed by atoms with E-state index in [4.69, 9.17) is 0 Å². The van der Waals surface area contributed by atoms with Crippen molar-refractivity contribution in [1.29, 1.82) is 0 Å². The van der Waals surface area contributed by atoms with Gasteiger partial charge in [0.2, 0.25) is 0 Å². The molecule has 2 aromatic carbocycles. The second kappa shape index (κ2) is 6.51. The lowest BCUT2D eigenvalue weighted by Crippen LogP contribution is -2.42. The topological polar surface area (TPSA) is 75.3 Å². The molecule has 9 heteroatoms. The van der Waals surface area contributed by atoms with Gasteiger partial charge in [0.25, 0.3) is 15.9 Å². The average Bonchev–Trinajstić information content (AvgIpc) is 2.48. The first-order valence-corrected chi connectivity index (χ1v) is 8.10. The van der Waals surface area contributed by atoms with Crippen LogP contribution in [0.3, 0.4) is 0 Å². The van der Waals surface area contributed by atoms with Gasteiger partial charge in [0.1, 0.15) is 16.5 Å². The van der Waals surface area contributed by atoms with Crippen LogP contribution in [0.5, 0.6) is 0 Å². The second-order valence-corrected chi connectivity index (χ2v) is 6.62. The maximum absolute atomic E-state index is 13.5. The number of nitrogens with one attached hydrogen (secondary N) is 2. The first-order valence-electron chi connectivity index (χ1n) is 5.83.